The second-order valence-electron chi connectivity index (χ2n) is 4.67. The van der Waals surface area contributed by atoms with E-state index in [1.807, 2.05) is 0 Å². The van der Waals surface area contributed by atoms with Gasteiger partial charge < -0.3 is 10.2 Å². The molecule has 1 aromatic heterocycles. The van der Waals surface area contributed by atoms with E-state index in [0.29, 0.717) is 5.56 Å². The van der Waals surface area contributed by atoms with Gasteiger partial charge in [0.15, 0.2) is 0 Å². The van der Waals surface area contributed by atoms with Crippen molar-refractivity contribution < 1.29 is 4.79 Å². The molecule has 1 saturated heterocycles. The van der Waals surface area contributed by atoms with Crippen LogP contribution in [0.4, 0.5) is 0 Å². The Balaban J connectivity index is 1.96. The molecular weight excluding hydrogens is 330 g/mol. The number of pyridine rings is 1. The molecule has 1 amide bonds. The molecule has 0 bridgehead atoms. The summed E-state index contributed by atoms with van der Waals surface area (Å²) in [7, 11) is 0. The molecule has 0 unspecified atom stereocenters. The fraction of sp³-hybridized carbons (Fsp3) is 0.538. The van der Waals surface area contributed by atoms with E-state index >= 15 is 0 Å². The summed E-state index contributed by atoms with van der Waals surface area (Å²) in [6, 6.07) is 1.93. The van der Waals surface area contributed by atoms with Crippen molar-refractivity contribution in [3.8, 4) is 0 Å². The van der Waals surface area contributed by atoms with Gasteiger partial charge in [-0.3, -0.25) is 4.79 Å². The normalized spacial score (nSPS) is 17.4. The Bertz CT molecular complexity index is 461. The number of halogens is 2. The van der Waals surface area contributed by atoms with Gasteiger partial charge in [0.05, 0.1) is 5.56 Å². The average Bonchev–Trinajstić information content (AvgIpc) is 2.42. The number of carbonyl (C=O) groups excluding carboxylic acids is 1. The average molecular weight is 347 g/mol. The first-order valence-corrected chi connectivity index (χ1v) is 7.61. The van der Waals surface area contributed by atoms with Gasteiger partial charge >= 0.3 is 0 Å². The van der Waals surface area contributed by atoms with Crippen molar-refractivity contribution in [1.29, 1.82) is 0 Å². The Morgan fingerprint density at radius 1 is 1.58 bits per heavy atom. The van der Waals surface area contributed by atoms with Crippen LogP contribution in [0.3, 0.4) is 0 Å². The topological polar surface area (TPSA) is 45.2 Å². The van der Waals surface area contributed by atoms with Crippen molar-refractivity contribution in [2.75, 3.05) is 19.6 Å². The number of hydrogen-bond acceptors (Lipinski definition) is 3. The third kappa shape index (κ3) is 3.91. The molecule has 0 aromatic carbocycles. The maximum absolute atomic E-state index is 12.2. The number of likely N-dealkylation sites (tertiary alicyclic amines) is 1. The molecule has 1 fully saturated rings. The lowest BCUT2D eigenvalue weighted by atomic mass is 10.0. The zero-order valence-corrected chi connectivity index (χ0v) is 13.2. The summed E-state index contributed by atoms with van der Waals surface area (Å²) in [5.74, 6) is -0.145. The summed E-state index contributed by atoms with van der Waals surface area (Å²) in [5, 5.41) is 3.28. The van der Waals surface area contributed by atoms with Crippen LogP contribution in [0.2, 0.25) is 5.15 Å². The van der Waals surface area contributed by atoms with Crippen molar-refractivity contribution >= 4 is 33.4 Å². The third-order valence-corrected chi connectivity index (χ3v) is 4.16. The molecule has 0 atom stereocenters. The molecule has 0 aliphatic carbocycles. The molecule has 2 rings (SSSR count). The van der Waals surface area contributed by atoms with Crippen LogP contribution < -0.4 is 5.32 Å². The van der Waals surface area contributed by atoms with Gasteiger partial charge in [0.1, 0.15) is 5.15 Å². The first kappa shape index (κ1) is 14.8. The molecule has 1 aromatic rings. The molecule has 0 radical (unpaired) electrons. The zero-order valence-electron chi connectivity index (χ0n) is 10.8. The van der Waals surface area contributed by atoms with Gasteiger partial charge in [-0.1, -0.05) is 18.5 Å². The van der Waals surface area contributed by atoms with Crippen LogP contribution in [0.15, 0.2) is 16.7 Å². The van der Waals surface area contributed by atoms with E-state index in [9.17, 15) is 4.79 Å². The molecule has 0 spiro atoms. The van der Waals surface area contributed by atoms with E-state index in [4.69, 9.17) is 11.6 Å². The summed E-state index contributed by atoms with van der Waals surface area (Å²) >= 11 is 9.25. The fourth-order valence-electron chi connectivity index (χ4n) is 2.24. The highest BCUT2D eigenvalue weighted by Gasteiger charge is 2.21. The smallest absolute Gasteiger partial charge is 0.254 e. The minimum Gasteiger partial charge on any atom is -0.349 e. The molecule has 4 nitrogen and oxygen atoms in total. The van der Waals surface area contributed by atoms with Crippen molar-refractivity contribution in [1.82, 2.24) is 15.2 Å². The summed E-state index contributed by atoms with van der Waals surface area (Å²) in [5.41, 5.74) is 0.425. The number of rotatable bonds is 3. The molecule has 2 heterocycles. The zero-order chi connectivity index (χ0) is 13.8. The molecular formula is C13H17BrClN3O. The highest BCUT2D eigenvalue weighted by Crippen LogP contribution is 2.19. The van der Waals surface area contributed by atoms with Gasteiger partial charge in [0.25, 0.3) is 5.91 Å². The van der Waals surface area contributed by atoms with Gasteiger partial charge in [0, 0.05) is 29.8 Å². The second-order valence-corrected chi connectivity index (χ2v) is 5.95. The third-order valence-electron chi connectivity index (χ3n) is 3.42. The lowest BCUT2D eigenvalue weighted by Gasteiger charge is -2.31. The minimum atomic E-state index is -0.145. The first-order valence-electron chi connectivity index (χ1n) is 6.44. The van der Waals surface area contributed by atoms with Gasteiger partial charge in [0.2, 0.25) is 0 Å². The largest absolute Gasteiger partial charge is 0.349 e. The van der Waals surface area contributed by atoms with Gasteiger partial charge in [-0.25, -0.2) is 4.98 Å². The Morgan fingerprint density at radius 3 is 2.89 bits per heavy atom. The summed E-state index contributed by atoms with van der Waals surface area (Å²) in [6.07, 6.45) is 3.55. The number of nitrogens with one attached hydrogen (secondary N) is 1. The number of aromatic nitrogens is 1. The summed E-state index contributed by atoms with van der Waals surface area (Å²) in [6.45, 7) is 5.30. The molecule has 6 heteroatoms. The molecule has 0 saturated carbocycles. The van der Waals surface area contributed by atoms with E-state index in [0.717, 1.165) is 36.9 Å². The SMILES string of the molecule is CCN1CCC(NC(=O)c2cc(Br)cnc2Cl)CC1. The van der Waals surface area contributed by atoms with Gasteiger partial charge in [-0.2, -0.15) is 0 Å². The predicted molar refractivity (Wildman–Crippen MR) is 79.5 cm³/mol. The van der Waals surface area contributed by atoms with Crippen LogP contribution in [0.1, 0.15) is 30.1 Å². The number of nitrogens with zero attached hydrogens (tertiary/aromatic N) is 2. The van der Waals surface area contributed by atoms with Crippen molar-refractivity contribution in [2.45, 2.75) is 25.8 Å². The van der Waals surface area contributed by atoms with Crippen molar-refractivity contribution in [2.24, 2.45) is 0 Å². The van der Waals surface area contributed by atoms with Crippen LogP contribution in [0, 0.1) is 0 Å². The molecule has 1 aliphatic rings. The standard InChI is InChI=1S/C13H17BrClN3O/c1-2-18-5-3-10(4-6-18)17-13(19)11-7-9(14)8-16-12(11)15/h7-8,10H,2-6H2,1H3,(H,17,19). The minimum absolute atomic E-state index is 0.145. The monoisotopic (exact) mass is 345 g/mol. The highest BCUT2D eigenvalue weighted by atomic mass is 79.9. The Labute approximate surface area is 126 Å². The predicted octanol–water partition coefficient (Wildman–Crippen LogP) is 2.71. The first-order chi connectivity index (χ1) is 9.10. The van der Waals surface area contributed by atoms with Gasteiger partial charge in [-0.05, 0) is 41.4 Å². The molecule has 1 N–H and O–H groups in total. The van der Waals surface area contributed by atoms with Crippen LogP contribution in [-0.4, -0.2) is 41.5 Å². The van der Waals surface area contributed by atoms with E-state index in [-0.39, 0.29) is 17.1 Å². The molecule has 19 heavy (non-hydrogen) atoms. The van der Waals surface area contributed by atoms with Crippen LogP contribution in [0.25, 0.3) is 0 Å². The molecule has 1 aliphatic heterocycles. The fourth-order valence-corrected chi connectivity index (χ4v) is 2.76. The summed E-state index contributed by atoms with van der Waals surface area (Å²) in [4.78, 5) is 18.5. The lowest BCUT2D eigenvalue weighted by molar-refractivity contribution is 0.0912. The van der Waals surface area contributed by atoms with Crippen LogP contribution in [-0.2, 0) is 0 Å². The number of carbonyl (C=O) groups is 1. The lowest BCUT2D eigenvalue weighted by Crippen LogP contribution is -2.44. The quantitative estimate of drug-likeness (QED) is 0.856. The molecule has 104 valence electrons. The second kappa shape index (κ2) is 6.68. The van der Waals surface area contributed by atoms with Crippen LogP contribution in [0.5, 0.6) is 0 Å². The van der Waals surface area contributed by atoms with Crippen molar-refractivity contribution in [3.05, 3.63) is 27.5 Å². The van der Waals surface area contributed by atoms with E-state index < -0.39 is 0 Å². The maximum atomic E-state index is 12.2. The Hall–Kier alpha value is -0.650. The van der Waals surface area contributed by atoms with Crippen molar-refractivity contribution in [3.63, 3.8) is 0 Å². The van der Waals surface area contributed by atoms with E-state index in [1.54, 1.807) is 12.3 Å². The Morgan fingerprint density at radius 2 is 2.26 bits per heavy atom. The van der Waals surface area contributed by atoms with E-state index in [1.165, 1.54) is 0 Å². The summed E-state index contributed by atoms with van der Waals surface area (Å²) < 4.78 is 0.753. The number of hydrogen-bond donors (Lipinski definition) is 1. The maximum Gasteiger partial charge on any atom is 0.254 e. The van der Waals surface area contributed by atoms with Gasteiger partial charge in [-0.15, -0.1) is 0 Å². The number of amides is 1. The van der Waals surface area contributed by atoms with E-state index in [2.05, 4.69) is 38.1 Å². The Kier molecular flexibility index (Phi) is 5.19. The highest BCUT2D eigenvalue weighted by molar-refractivity contribution is 9.10. The number of piperidine rings is 1. The van der Waals surface area contributed by atoms with Crippen LogP contribution >= 0.6 is 27.5 Å².